The second-order valence-corrected chi connectivity index (χ2v) is 4.84. The Morgan fingerprint density at radius 1 is 1.13 bits per heavy atom. The van der Waals surface area contributed by atoms with Crippen LogP contribution >= 0.6 is 22.6 Å². The fraction of sp³-hybridized carbons (Fsp3) is 0.231. The van der Waals surface area contributed by atoms with Gasteiger partial charge in [-0.15, -0.1) is 0 Å². The molecule has 1 aliphatic carbocycles. The monoisotopic (exact) mass is 312 g/mol. The van der Waals surface area contributed by atoms with Gasteiger partial charge in [-0.25, -0.2) is 0 Å². The van der Waals surface area contributed by atoms with Crippen LogP contribution in [-0.4, -0.2) is 11.0 Å². The molecule has 2 heteroatoms. The van der Waals surface area contributed by atoms with Crippen molar-refractivity contribution < 1.29 is 4.74 Å². The molecule has 1 aliphatic rings. The van der Waals surface area contributed by atoms with Gasteiger partial charge in [-0.2, -0.15) is 0 Å². The van der Waals surface area contributed by atoms with E-state index in [1.54, 1.807) is 7.11 Å². The number of ether oxygens (including phenoxy) is 1. The van der Waals surface area contributed by atoms with Gasteiger partial charge in [0.1, 0.15) is 5.76 Å². The molecule has 0 N–H and O–H groups in total. The summed E-state index contributed by atoms with van der Waals surface area (Å²) < 4.78 is 5.73. The quantitative estimate of drug-likeness (QED) is 0.460. The highest BCUT2D eigenvalue weighted by molar-refractivity contribution is 14.1. The van der Waals surface area contributed by atoms with E-state index in [9.17, 15) is 0 Å². The Hall–Kier alpha value is -0.770. The molecule has 0 fully saturated rings. The lowest BCUT2D eigenvalue weighted by Gasteiger charge is -2.19. The van der Waals surface area contributed by atoms with E-state index in [4.69, 9.17) is 4.74 Å². The zero-order chi connectivity index (χ0) is 10.7. The Morgan fingerprint density at radius 2 is 1.87 bits per heavy atom. The van der Waals surface area contributed by atoms with Crippen molar-refractivity contribution in [1.82, 2.24) is 0 Å². The minimum absolute atomic E-state index is 0.354. The van der Waals surface area contributed by atoms with Crippen LogP contribution in [0.5, 0.6) is 0 Å². The minimum Gasteiger partial charge on any atom is -0.500 e. The van der Waals surface area contributed by atoms with Crippen LogP contribution in [0.15, 0.2) is 54.3 Å². The second kappa shape index (κ2) is 4.84. The zero-order valence-corrected chi connectivity index (χ0v) is 10.7. The third-order valence-corrected chi connectivity index (χ3v) is 3.55. The van der Waals surface area contributed by atoms with Crippen LogP contribution in [0.4, 0.5) is 0 Å². The van der Waals surface area contributed by atoms with Gasteiger partial charge in [0.2, 0.25) is 0 Å². The standard InChI is InChI=1S/C13H13IO/c1-15-13-9-11(7-8-12(13)14)10-5-3-2-4-6-10/h2-9,11-12H,1H3/t11-,12?/m0/s1. The van der Waals surface area contributed by atoms with Gasteiger partial charge in [-0.1, -0.05) is 65.1 Å². The average Bonchev–Trinajstić information content (AvgIpc) is 2.31. The summed E-state index contributed by atoms with van der Waals surface area (Å²) in [5.41, 5.74) is 1.31. The van der Waals surface area contributed by atoms with Gasteiger partial charge in [0.15, 0.2) is 0 Å². The number of hydrogen-bond acceptors (Lipinski definition) is 1. The largest absolute Gasteiger partial charge is 0.500 e. The van der Waals surface area contributed by atoms with Crippen LogP contribution in [0, 0.1) is 0 Å². The number of methoxy groups -OCH3 is 1. The molecule has 0 amide bonds. The normalized spacial score (nSPS) is 24.8. The summed E-state index contributed by atoms with van der Waals surface area (Å²) in [4.78, 5) is 0. The summed E-state index contributed by atoms with van der Waals surface area (Å²) in [6, 6.07) is 10.5. The Labute approximate surface area is 104 Å². The van der Waals surface area contributed by atoms with Gasteiger partial charge >= 0.3 is 0 Å². The Balaban J connectivity index is 2.26. The van der Waals surface area contributed by atoms with Crippen molar-refractivity contribution in [2.45, 2.75) is 9.84 Å². The van der Waals surface area contributed by atoms with Crippen molar-refractivity contribution >= 4 is 22.6 Å². The second-order valence-electron chi connectivity index (χ2n) is 3.50. The molecule has 2 rings (SSSR count). The first-order chi connectivity index (χ1) is 7.31. The van der Waals surface area contributed by atoms with E-state index in [2.05, 4.69) is 65.1 Å². The number of allylic oxidation sites excluding steroid dienone is 3. The van der Waals surface area contributed by atoms with E-state index in [1.807, 2.05) is 6.07 Å². The third kappa shape index (κ3) is 2.43. The van der Waals surface area contributed by atoms with Crippen molar-refractivity contribution in [3.63, 3.8) is 0 Å². The van der Waals surface area contributed by atoms with Crippen molar-refractivity contribution in [2.75, 3.05) is 7.11 Å². The molecule has 0 saturated carbocycles. The number of rotatable bonds is 2. The molecule has 0 bridgehead atoms. The van der Waals surface area contributed by atoms with E-state index in [-0.39, 0.29) is 0 Å². The lowest BCUT2D eigenvalue weighted by Crippen LogP contribution is -2.08. The van der Waals surface area contributed by atoms with Gasteiger partial charge in [0.05, 0.1) is 11.0 Å². The zero-order valence-electron chi connectivity index (χ0n) is 8.56. The molecule has 0 aliphatic heterocycles. The lowest BCUT2D eigenvalue weighted by molar-refractivity contribution is 0.286. The molecule has 0 radical (unpaired) electrons. The lowest BCUT2D eigenvalue weighted by atomic mass is 9.94. The van der Waals surface area contributed by atoms with Crippen molar-refractivity contribution in [1.29, 1.82) is 0 Å². The smallest absolute Gasteiger partial charge is 0.109 e. The number of halogens is 1. The predicted octanol–water partition coefficient (Wildman–Crippen LogP) is 3.67. The fourth-order valence-corrected chi connectivity index (χ4v) is 2.40. The molecule has 0 saturated heterocycles. The van der Waals surface area contributed by atoms with Crippen LogP contribution in [0.3, 0.4) is 0 Å². The maximum atomic E-state index is 5.36. The molecule has 2 atom stereocenters. The van der Waals surface area contributed by atoms with E-state index in [0.29, 0.717) is 9.84 Å². The summed E-state index contributed by atoms with van der Waals surface area (Å²) in [5.74, 6) is 1.40. The first-order valence-corrected chi connectivity index (χ1v) is 6.19. The summed E-state index contributed by atoms with van der Waals surface area (Å²) in [6.45, 7) is 0. The van der Waals surface area contributed by atoms with Crippen LogP contribution in [0.2, 0.25) is 0 Å². The maximum Gasteiger partial charge on any atom is 0.109 e. The molecule has 0 heterocycles. The van der Waals surface area contributed by atoms with Gasteiger partial charge in [-0.3, -0.25) is 0 Å². The molecule has 1 aromatic carbocycles. The van der Waals surface area contributed by atoms with Gasteiger partial charge in [0.25, 0.3) is 0 Å². The van der Waals surface area contributed by atoms with Crippen LogP contribution in [-0.2, 0) is 4.74 Å². The average molecular weight is 312 g/mol. The topological polar surface area (TPSA) is 9.23 Å². The highest BCUT2D eigenvalue weighted by atomic mass is 127. The summed E-state index contributed by atoms with van der Waals surface area (Å²) in [5, 5.41) is 0. The minimum atomic E-state index is 0.354. The Kier molecular flexibility index (Phi) is 3.46. The Bertz CT molecular complexity index is 381. The predicted molar refractivity (Wildman–Crippen MR) is 71.2 cm³/mol. The molecule has 0 spiro atoms. The molecular weight excluding hydrogens is 299 g/mol. The number of alkyl halides is 1. The Morgan fingerprint density at radius 3 is 2.53 bits per heavy atom. The molecule has 15 heavy (non-hydrogen) atoms. The first-order valence-electron chi connectivity index (χ1n) is 4.94. The molecule has 1 aromatic rings. The van der Waals surface area contributed by atoms with Crippen molar-refractivity contribution in [2.24, 2.45) is 0 Å². The SMILES string of the molecule is COC1=C[C@@H](c2ccccc2)C=CC1I. The molecule has 1 unspecified atom stereocenters. The number of benzene rings is 1. The van der Waals surface area contributed by atoms with Crippen LogP contribution in [0.25, 0.3) is 0 Å². The molecular formula is C13H13IO. The molecule has 1 nitrogen and oxygen atoms in total. The van der Waals surface area contributed by atoms with E-state index in [0.717, 1.165) is 5.76 Å². The fourth-order valence-electron chi connectivity index (χ4n) is 1.70. The van der Waals surface area contributed by atoms with E-state index < -0.39 is 0 Å². The van der Waals surface area contributed by atoms with Crippen LogP contribution < -0.4 is 0 Å². The van der Waals surface area contributed by atoms with Gasteiger partial charge in [0, 0.05) is 5.92 Å². The summed E-state index contributed by atoms with van der Waals surface area (Å²) in [7, 11) is 1.73. The van der Waals surface area contributed by atoms with Crippen molar-refractivity contribution in [3.8, 4) is 0 Å². The highest BCUT2D eigenvalue weighted by Gasteiger charge is 2.16. The van der Waals surface area contributed by atoms with Gasteiger partial charge in [-0.05, 0) is 11.6 Å². The van der Waals surface area contributed by atoms with Gasteiger partial charge < -0.3 is 4.74 Å². The first kappa shape index (κ1) is 10.7. The highest BCUT2D eigenvalue weighted by Crippen LogP contribution is 2.29. The summed E-state index contributed by atoms with van der Waals surface area (Å²) >= 11 is 2.37. The van der Waals surface area contributed by atoms with Crippen molar-refractivity contribution in [3.05, 3.63) is 59.9 Å². The number of hydrogen-bond donors (Lipinski definition) is 0. The summed E-state index contributed by atoms with van der Waals surface area (Å²) in [6.07, 6.45) is 6.61. The van der Waals surface area contributed by atoms with Crippen LogP contribution in [0.1, 0.15) is 11.5 Å². The van der Waals surface area contributed by atoms with E-state index in [1.165, 1.54) is 5.56 Å². The van der Waals surface area contributed by atoms with E-state index >= 15 is 0 Å². The molecule has 0 aromatic heterocycles. The maximum absolute atomic E-state index is 5.36. The molecule has 78 valence electrons. The third-order valence-electron chi connectivity index (χ3n) is 2.52.